The third kappa shape index (κ3) is 2.82. The highest BCUT2D eigenvalue weighted by molar-refractivity contribution is 7.80. The third-order valence-electron chi connectivity index (χ3n) is 2.54. The lowest BCUT2D eigenvalue weighted by Crippen LogP contribution is -2.37. The maximum atomic E-state index is 8.98. The van der Waals surface area contributed by atoms with Crippen molar-refractivity contribution in [1.29, 1.82) is 5.26 Å². The summed E-state index contributed by atoms with van der Waals surface area (Å²) in [4.78, 5) is 3.95. The number of nitriles is 1. The van der Waals surface area contributed by atoms with Gasteiger partial charge in [-0.15, -0.1) is 0 Å². The highest BCUT2D eigenvalue weighted by Gasteiger charge is 2.26. The van der Waals surface area contributed by atoms with E-state index in [1.807, 2.05) is 6.07 Å². The molecule has 1 aromatic carbocycles. The molecular weight excluding hydrogens is 296 g/mol. The fraction of sp³-hybridized carbons (Fsp3) is 0.0833. The molecule has 1 aliphatic rings. The highest BCUT2D eigenvalue weighted by atomic mass is 35.5. The van der Waals surface area contributed by atoms with Crippen molar-refractivity contribution < 1.29 is 0 Å². The van der Waals surface area contributed by atoms with Crippen LogP contribution in [0.15, 0.2) is 50.8 Å². The van der Waals surface area contributed by atoms with E-state index < -0.39 is 6.04 Å². The van der Waals surface area contributed by atoms with E-state index in [0.717, 1.165) is 0 Å². The minimum absolute atomic E-state index is 0.0699. The zero-order valence-electron chi connectivity index (χ0n) is 10.1. The van der Waals surface area contributed by atoms with Crippen molar-refractivity contribution in [3.05, 3.63) is 40.6 Å². The normalized spacial score (nSPS) is 19.1. The van der Waals surface area contributed by atoms with Crippen molar-refractivity contribution in [3.8, 4) is 6.07 Å². The van der Waals surface area contributed by atoms with Crippen LogP contribution in [0.25, 0.3) is 0 Å². The molecule has 0 spiro atoms. The number of aliphatic imine (C=N–C) groups is 1. The van der Waals surface area contributed by atoms with Crippen LogP contribution in [0.1, 0.15) is 0 Å². The second-order valence-electron chi connectivity index (χ2n) is 3.88. The number of nitrogens with zero attached hydrogens (tertiary/aromatic N) is 4. The fourth-order valence-corrected chi connectivity index (χ4v) is 1.91. The molecule has 0 aromatic heterocycles. The molecular formula is C12H9ClN6S. The second kappa shape index (κ2) is 5.77. The number of halogens is 1. The van der Waals surface area contributed by atoms with E-state index in [1.165, 1.54) is 0 Å². The molecule has 8 heteroatoms. The van der Waals surface area contributed by atoms with E-state index in [1.54, 1.807) is 24.3 Å². The Labute approximate surface area is 125 Å². The van der Waals surface area contributed by atoms with E-state index in [4.69, 9.17) is 40.5 Å². The Morgan fingerprint density at radius 1 is 1.30 bits per heavy atom. The van der Waals surface area contributed by atoms with Gasteiger partial charge in [0.05, 0.1) is 11.4 Å². The van der Waals surface area contributed by atoms with Gasteiger partial charge in [0.25, 0.3) is 0 Å². The molecule has 0 radical (unpaired) electrons. The first-order valence-electron chi connectivity index (χ1n) is 5.47. The van der Waals surface area contributed by atoms with Crippen LogP contribution in [-0.2, 0) is 0 Å². The molecule has 0 saturated heterocycles. The second-order valence-corrected chi connectivity index (χ2v) is 4.70. The molecule has 6 nitrogen and oxygen atoms in total. The van der Waals surface area contributed by atoms with Gasteiger partial charge < -0.3 is 11.5 Å². The molecule has 0 aliphatic carbocycles. The van der Waals surface area contributed by atoms with E-state index in [0.29, 0.717) is 10.7 Å². The largest absolute Gasteiger partial charge is 0.399 e. The summed E-state index contributed by atoms with van der Waals surface area (Å²) in [5, 5.41) is 17.6. The Kier molecular flexibility index (Phi) is 4.08. The summed E-state index contributed by atoms with van der Waals surface area (Å²) in [6.45, 7) is 0. The highest BCUT2D eigenvalue weighted by Crippen LogP contribution is 2.20. The summed E-state index contributed by atoms with van der Waals surface area (Å²) >= 11 is 10.7. The standard InChI is InChI=1S/C12H9ClN6S/c13-6-1-3-7(4-2-6)18-19-10-9(15)8(5-14)12(20)17-11(10)16/h1-4,10H,15H2,(H2,16,17,20). The fourth-order valence-electron chi connectivity index (χ4n) is 1.52. The minimum atomic E-state index is -0.785. The summed E-state index contributed by atoms with van der Waals surface area (Å²) in [6.07, 6.45) is 0. The van der Waals surface area contributed by atoms with Crippen LogP contribution in [0.3, 0.4) is 0 Å². The molecule has 2 rings (SSSR count). The van der Waals surface area contributed by atoms with Gasteiger partial charge in [-0.3, -0.25) is 0 Å². The summed E-state index contributed by atoms with van der Waals surface area (Å²) in [5.41, 5.74) is 12.4. The number of nitrogens with two attached hydrogens (primary N) is 2. The quantitative estimate of drug-likeness (QED) is 0.644. The monoisotopic (exact) mass is 304 g/mol. The zero-order valence-corrected chi connectivity index (χ0v) is 11.7. The summed E-state index contributed by atoms with van der Waals surface area (Å²) in [5.74, 6) is 0.115. The first-order chi connectivity index (χ1) is 9.52. The Morgan fingerprint density at radius 3 is 2.55 bits per heavy atom. The summed E-state index contributed by atoms with van der Waals surface area (Å²) in [7, 11) is 0. The van der Waals surface area contributed by atoms with Crippen LogP contribution in [-0.4, -0.2) is 16.9 Å². The first-order valence-corrected chi connectivity index (χ1v) is 6.26. The molecule has 1 atom stereocenters. The van der Waals surface area contributed by atoms with Crippen molar-refractivity contribution in [1.82, 2.24) is 0 Å². The molecule has 0 bridgehead atoms. The van der Waals surface area contributed by atoms with Crippen LogP contribution in [0, 0.1) is 11.3 Å². The number of azo groups is 1. The van der Waals surface area contributed by atoms with Crippen molar-refractivity contribution >= 4 is 40.3 Å². The molecule has 1 heterocycles. The summed E-state index contributed by atoms with van der Waals surface area (Å²) in [6, 6.07) is 7.86. The molecule has 1 unspecified atom stereocenters. The van der Waals surface area contributed by atoms with Gasteiger partial charge >= 0.3 is 0 Å². The van der Waals surface area contributed by atoms with Gasteiger partial charge in [0.1, 0.15) is 22.5 Å². The van der Waals surface area contributed by atoms with Gasteiger partial charge in [-0.1, -0.05) is 23.8 Å². The Hall–Kier alpha value is -2.30. The Balaban J connectivity index is 2.30. The molecule has 0 saturated carbocycles. The predicted octanol–water partition coefficient (Wildman–Crippen LogP) is 2.23. The van der Waals surface area contributed by atoms with Crippen LogP contribution in [0.2, 0.25) is 5.02 Å². The predicted molar refractivity (Wildman–Crippen MR) is 80.8 cm³/mol. The van der Waals surface area contributed by atoms with E-state index >= 15 is 0 Å². The van der Waals surface area contributed by atoms with Crippen molar-refractivity contribution in [2.24, 2.45) is 26.7 Å². The van der Waals surface area contributed by atoms with Crippen molar-refractivity contribution in [3.63, 3.8) is 0 Å². The van der Waals surface area contributed by atoms with Gasteiger partial charge in [0, 0.05) is 5.02 Å². The van der Waals surface area contributed by atoms with Gasteiger partial charge in [-0.2, -0.15) is 15.5 Å². The third-order valence-corrected chi connectivity index (χ3v) is 3.08. The molecule has 0 amide bonds. The number of hydrogen-bond donors (Lipinski definition) is 2. The Morgan fingerprint density at radius 2 is 1.95 bits per heavy atom. The maximum absolute atomic E-state index is 8.98. The van der Waals surface area contributed by atoms with Gasteiger partial charge in [0.15, 0.2) is 6.04 Å². The first kappa shape index (κ1) is 14.1. The van der Waals surface area contributed by atoms with E-state index in [2.05, 4.69) is 15.2 Å². The number of amidine groups is 1. The van der Waals surface area contributed by atoms with Crippen LogP contribution in [0.5, 0.6) is 0 Å². The average Bonchev–Trinajstić information content (AvgIpc) is 2.40. The van der Waals surface area contributed by atoms with Gasteiger partial charge in [-0.05, 0) is 24.3 Å². The molecule has 1 aromatic rings. The molecule has 20 heavy (non-hydrogen) atoms. The van der Waals surface area contributed by atoms with Crippen LogP contribution < -0.4 is 11.5 Å². The lowest BCUT2D eigenvalue weighted by Gasteiger charge is -2.17. The average molecular weight is 305 g/mol. The maximum Gasteiger partial charge on any atom is 0.169 e. The Bertz CT molecular complexity index is 683. The smallest absolute Gasteiger partial charge is 0.169 e. The minimum Gasteiger partial charge on any atom is -0.399 e. The number of dihydropyridines is 1. The lowest BCUT2D eigenvalue weighted by molar-refractivity contribution is 0.881. The topological polar surface area (TPSA) is 113 Å². The number of rotatable bonds is 2. The van der Waals surface area contributed by atoms with Gasteiger partial charge in [0.2, 0.25) is 0 Å². The number of thiocarbonyl (C=S) groups is 1. The van der Waals surface area contributed by atoms with Crippen molar-refractivity contribution in [2.75, 3.05) is 0 Å². The summed E-state index contributed by atoms with van der Waals surface area (Å²) < 4.78 is 0. The van der Waals surface area contributed by atoms with Crippen LogP contribution >= 0.6 is 23.8 Å². The number of benzene rings is 1. The zero-order chi connectivity index (χ0) is 14.7. The lowest BCUT2D eigenvalue weighted by atomic mass is 10.1. The van der Waals surface area contributed by atoms with Crippen LogP contribution in [0.4, 0.5) is 5.69 Å². The number of hydrogen-bond acceptors (Lipinski definition) is 6. The van der Waals surface area contributed by atoms with E-state index in [9.17, 15) is 0 Å². The van der Waals surface area contributed by atoms with Gasteiger partial charge in [-0.25, -0.2) is 4.99 Å². The molecule has 4 N–H and O–H groups in total. The SMILES string of the molecule is N#CC1=C(N)C(N=Nc2ccc(Cl)cc2)C(N)=NC1=S. The molecule has 0 fully saturated rings. The van der Waals surface area contributed by atoms with Crippen molar-refractivity contribution in [2.45, 2.75) is 6.04 Å². The molecule has 100 valence electrons. The van der Waals surface area contributed by atoms with E-state index in [-0.39, 0.29) is 22.1 Å². The molecule has 1 aliphatic heterocycles.